The van der Waals surface area contributed by atoms with Gasteiger partial charge in [0.2, 0.25) is 5.91 Å². The van der Waals surface area contributed by atoms with E-state index in [1.807, 2.05) is 18.2 Å². The standard InChI is InChI=1S/C18H19NO2/c1-2-13-3-5-14(6-4-13)12-21-16-9-7-15-8-10-18(20)19-17(15)11-16/h3-7,9,11H,2,8,10,12H2,1H3,(H,19,20). The molecular formula is C18H19NO2. The zero-order valence-corrected chi connectivity index (χ0v) is 12.2. The third-order valence-electron chi connectivity index (χ3n) is 3.81. The number of aryl methyl sites for hydroxylation is 2. The van der Waals surface area contributed by atoms with E-state index in [0.29, 0.717) is 13.0 Å². The maximum Gasteiger partial charge on any atom is 0.224 e. The van der Waals surface area contributed by atoms with Crippen molar-refractivity contribution in [2.75, 3.05) is 5.32 Å². The Morgan fingerprint density at radius 3 is 2.57 bits per heavy atom. The van der Waals surface area contributed by atoms with Crippen molar-refractivity contribution >= 4 is 11.6 Å². The van der Waals surface area contributed by atoms with E-state index < -0.39 is 0 Å². The second-order valence-electron chi connectivity index (χ2n) is 5.33. The summed E-state index contributed by atoms with van der Waals surface area (Å²) >= 11 is 0. The molecule has 0 bridgehead atoms. The number of anilines is 1. The summed E-state index contributed by atoms with van der Waals surface area (Å²) < 4.78 is 5.82. The number of ether oxygens (including phenoxy) is 1. The smallest absolute Gasteiger partial charge is 0.224 e. The molecular weight excluding hydrogens is 262 g/mol. The molecule has 0 radical (unpaired) electrons. The van der Waals surface area contributed by atoms with Gasteiger partial charge in [-0.25, -0.2) is 0 Å². The molecule has 0 spiro atoms. The Hall–Kier alpha value is -2.29. The first-order valence-corrected chi connectivity index (χ1v) is 7.38. The molecule has 1 aliphatic heterocycles. The summed E-state index contributed by atoms with van der Waals surface area (Å²) in [4.78, 5) is 11.4. The fourth-order valence-electron chi connectivity index (χ4n) is 2.48. The number of carbonyl (C=O) groups is 1. The van der Waals surface area contributed by atoms with E-state index in [9.17, 15) is 4.79 Å². The molecule has 3 rings (SSSR count). The van der Waals surface area contributed by atoms with Gasteiger partial charge in [0, 0.05) is 18.2 Å². The Labute approximate surface area is 124 Å². The first-order valence-electron chi connectivity index (χ1n) is 7.38. The van der Waals surface area contributed by atoms with Gasteiger partial charge in [0.05, 0.1) is 0 Å². The lowest BCUT2D eigenvalue weighted by Gasteiger charge is -2.17. The molecule has 1 N–H and O–H groups in total. The maximum atomic E-state index is 11.4. The van der Waals surface area contributed by atoms with Crippen LogP contribution in [0.25, 0.3) is 0 Å². The van der Waals surface area contributed by atoms with Crippen LogP contribution in [0.4, 0.5) is 5.69 Å². The number of hydrogen-bond donors (Lipinski definition) is 1. The second kappa shape index (κ2) is 6.00. The average Bonchev–Trinajstić information content (AvgIpc) is 2.53. The van der Waals surface area contributed by atoms with Crippen LogP contribution in [-0.4, -0.2) is 5.91 Å². The van der Waals surface area contributed by atoms with Crippen LogP contribution in [0.1, 0.15) is 30.0 Å². The predicted molar refractivity (Wildman–Crippen MR) is 83.5 cm³/mol. The minimum atomic E-state index is 0.0785. The third-order valence-corrected chi connectivity index (χ3v) is 3.81. The van der Waals surface area contributed by atoms with Crippen LogP contribution in [0.3, 0.4) is 0 Å². The van der Waals surface area contributed by atoms with Crippen LogP contribution in [-0.2, 0) is 24.2 Å². The molecule has 3 nitrogen and oxygen atoms in total. The van der Waals surface area contributed by atoms with Crippen molar-refractivity contribution in [3.8, 4) is 5.75 Å². The molecule has 2 aromatic rings. The van der Waals surface area contributed by atoms with Crippen molar-refractivity contribution in [3.05, 3.63) is 59.2 Å². The molecule has 21 heavy (non-hydrogen) atoms. The summed E-state index contributed by atoms with van der Waals surface area (Å²) in [6.07, 6.45) is 2.42. The molecule has 0 aromatic heterocycles. The predicted octanol–water partition coefficient (Wildman–Crippen LogP) is 3.71. The molecule has 1 heterocycles. The average molecular weight is 281 g/mol. The highest BCUT2D eigenvalue weighted by Gasteiger charge is 2.14. The lowest BCUT2D eigenvalue weighted by atomic mass is 10.0. The summed E-state index contributed by atoms with van der Waals surface area (Å²) in [5.41, 5.74) is 4.53. The quantitative estimate of drug-likeness (QED) is 0.927. The molecule has 3 heteroatoms. The Bertz CT molecular complexity index is 647. The van der Waals surface area contributed by atoms with Gasteiger partial charge >= 0.3 is 0 Å². The lowest BCUT2D eigenvalue weighted by Crippen LogP contribution is -2.18. The van der Waals surface area contributed by atoms with Crippen molar-refractivity contribution in [1.29, 1.82) is 0 Å². The molecule has 2 aromatic carbocycles. The largest absolute Gasteiger partial charge is 0.489 e. The first-order chi connectivity index (χ1) is 10.2. The van der Waals surface area contributed by atoms with Gasteiger partial charge in [-0.3, -0.25) is 4.79 Å². The van der Waals surface area contributed by atoms with E-state index in [4.69, 9.17) is 4.74 Å². The van der Waals surface area contributed by atoms with Gasteiger partial charge in [0.15, 0.2) is 0 Å². The molecule has 1 aliphatic rings. The summed E-state index contributed by atoms with van der Waals surface area (Å²) in [6.45, 7) is 2.68. The molecule has 1 amide bonds. The number of amides is 1. The van der Waals surface area contributed by atoms with Crippen LogP contribution in [0.15, 0.2) is 42.5 Å². The van der Waals surface area contributed by atoms with Gasteiger partial charge in [0.25, 0.3) is 0 Å². The lowest BCUT2D eigenvalue weighted by molar-refractivity contribution is -0.116. The maximum absolute atomic E-state index is 11.4. The highest BCUT2D eigenvalue weighted by Crippen LogP contribution is 2.27. The Balaban J connectivity index is 1.67. The van der Waals surface area contributed by atoms with E-state index in [1.165, 1.54) is 11.1 Å². The summed E-state index contributed by atoms with van der Waals surface area (Å²) in [7, 11) is 0. The van der Waals surface area contributed by atoms with Crippen molar-refractivity contribution in [1.82, 2.24) is 0 Å². The van der Waals surface area contributed by atoms with Crippen molar-refractivity contribution in [3.63, 3.8) is 0 Å². The molecule has 0 atom stereocenters. The van der Waals surface area contributed by atoms with Gasteiger partial charge in [-0.1, -0.05) is 37.3 Å². The highest BCUT2D eigenvalue weighted by molar-refractivity contribution is 5.94. The Morgan fingerprint density at radius 1 is 1.05 bits per heavy atom. The van der Waals surface area contributed by atoms with Crippen LogP contribution >= 0.6 is 0 Å². The van der Waals surface area contributed by atoms with Gasteiger partial charge in [-0.2, -0.15) is 0 Å². The normalized spacial score (nSPS) is 13.5. The first kappa shape index (κ1) is 13.7. The fraction of sp³-hybridized carbons (Fsp3) is 0.278. The zero-order valence-electron chi connectivity index (χ0n) is 12.2. The van der Waals surface area contributed by atoms with Crippen LogP contribution < -0.4 is 10.1 Å². The summed E-state index contributed by atoms with van der Waals surface area (Å²) in [6, 6.07) is 14.4. The van der Waals surface area contributed by atoms with E-state index in [-0.39, 0.29) is 5.91 Å². The Kier molecular flexibility index (Phi) is 3.91. The molecule has 0 aliphatic carbocycles. The fourth-order valence-corrected chi connectivity index (χ4v) is 2.48. The number of fused-ring (bicyclic) bond motifs is 1. The van der Waals surface area contributed by atoms with Crippen LogP contribution in [0.2, 0.25) is 0 Å². The van der Waals surface area contributed by atoms with Gasteiger partial charge in [-0.15, -0.1) is 0 Å². The minimum Gasteiger partial charge on any atom is -0.489 e. The van der Waals surface area contributed by atoms with E-state index in [1.54, 1.807) is 0 Å². The molecule has 0 unspecified atom stereocenters. The van der Waals surface area contributed by atoms with Gasteiger partial charge < -0.3 is 10.1 Å². The van der Waals surface area contributed by atoms with Gasteiger partial charge in [-0.05, 0) is 35.6 Å². The SMILES string of the molecule is CCc1ccc(COc2ccc3c(c2)NC(=O)CC3)cc1. The topological polar surface area (TPSA) is 38.3 Å². The summed E-state index contributed by atoms with van der Waals surface area (Å²) in [5, 5.41) is 2.89. The van der Waals surface area contributed by atoms with E-state index in [2.05, 4.69) is 36.5 Å². The van der Waals surface area contributed by atoms with Gasteiger partial charge in [0.1, 0.15) is 12.4 Å². The van der Waals surface area contributed by atoms with Crippen molar-refractivity contribution in [2.45, 2.75) is 32.8 Å². The van der Waals surface area contributed by atoms with Crippen molar-refractivity contribution in [2.24, 2.45) is 0 Å². The third kappa shape index (κ3) is 3.24. The molecule has 108 valence electrons. The summed E-state index contributed by atoms with van der Waals surface area (Å²) in [5.74, 6) is 0.866. The van der Waals surface area contributed by atoms with E-state index >= 15 is 0 Å². The number of carbonyl (C=O) groups excluding carboxylic acids is 1. The molecule has 0 fully saturated rings. The van der Waals surface area contributed by atoms with Crippen LogP contribution in [0, 0.1) is 0 Å². The minimum absolute atomic E-state index is 0.0785. The Morgan fingerprint density at radius 2 is 1.81 bits per heavy atom. The van der Waals surface area contributed by atoms with E-state index in [0.717, 1.165) is 29.8 Å². The highest BCUT2D eigenvalue weighted by atomic mass is 16.5. The molecule has 0 saturated heterocycles. The number of benzene rings is 2. The molecule has 0 saturated carbocycles. The number of nitrogens with one attached hydrogen (secondary N) is 1. The number of hydrogen-bond acceptors (Lipinski definition) is 2. The monoisotopic (exact) mass is 281 g/mol. The van der Waals surface area contributed by atoms with Crippen LogP contribution in [0.5, 0.6) is 5.75 Å². The second-order valence-corrected chi connectivity index (χ2v) is 5.33. The zero-order chi connectivity index (χ0) is 14.7. The van der Waals surface area contributed by atoms with Crippen molar-refractivity contribution < 1.29 is 9.53 Å². The number of rotatable bonds is 4.